The summed E-state index contributed by atoms with van der Waals surface area (Å²) in [7, 11) is 0. The van der Waals surface area contributed by atoms with Crippen LogP contribution in [0, 0.1) is 5.41 Å². The van der Waals surface area contributed by atoms with Gasteiger partial charge in [-0.25, -0.2) is 5.84 Å². The predicted molar refractivity (Wildman–Crippen MR) is 43.5 cm³/mol. The first-order valence-electron chi connectivity index (χ1n) is 1.99. The second-order valence-electron chi connectivity index (χ2n) is 0.906. The van der Waals surface area contributed by atoms with E-state index in [9.17, 15) is 0 Å². The second kappa shape index (κ2) is 7.26. The first-order valence-corrected chi connectivity index (χ1v) is 2.97. The molecule has 0 radical (unpaired) electrons. The van der Waals surface area contributed by atoms with Gasteiger partial charge in [0.1, 0.15) is 0 Å². The average Bonchev–Trinajstić information content (AvgIpc) is 1.68. The molecule has 0 aliphatic heterocycles. The normalized spacial score (nSPS) is 7.25. The zero-order valence-electron chi connectivity index (χ0n) is 4.60. The maximum absolute atomic E-state index is 6.86. The lowest BCUT2D eigenvalue weighted by Gasteiger charge is -1.95. The quantitative estimate of drug-likeness (QED) is 0.253. The van der Waals surface area contributed by atoms with Crippen molar-refractivity contribution in [2.24, 2.45) is 5.84 Å². The van der Waals surface area contributed by atoms with E-state index >= 15 is 0 Å². The minimum Gasteiger partial charge on any atom is -0.303 e. The summed E-state index contributed by atoms with van der Waals surface area (Å²) in [5.41, 5.74) is 2.21. The van der Waals surface area contributed by atoms with Gasteiger partial charge in [-0.3, -0.25) is 5.41 Å². The third-order valence-electron chi connectivity index (χ3n) is 0.420. The Kier molecular flexibility index (Phi) is 10.1. The third kappa shape index (κ3) is 6.26. The number of nitrogens with two attached hydrogens (primary N) is 1. The van der Waals surface area contributed by atoms with Gasteiger partial charge in [0.25, 0.3) is 0 Å². The Bertz CT molecular complexity index is 67.5. The van der Waals surface area contributed by atoms with Gasteiger partial charge in [-0.2, -0.15) is 0 Å². The minimum atomic E-state index is 0. The standard InChI is InChI=1S/C3H9N3S.BrH/c1-2-7-3(4)6-5;/h2,5H2,1H3,(H2,4,6);1H. The van der Waals surface area contributed by atoms with E-state index in [2.05, 4.69) is 5.43 Å². The number of nitrogens with one attached hydrogen (secondary N) is 2. The lowest BCUT2D eigenvalue weighted by Crippen LogP contribution is -2.26. The maximum atomic E-state index is 6.86. The minimum absolute atomic E-state index is 0. The van der Waals surface area contributed by atoms with Crippen molar-refractivity contribution in [3.05, 3.63) is 0 Å². The molecule has 0 aromatic heterocycles. The van der Waals surface area contributed by atoms with Gasteiger partial charge in [-0.15, -0.1) is 17.0 Å². The van der Waals surface area contributed by atoms with Crippen LogP contribution >= 0.6 is 28.7 Å². The highest BCUT2D eigenvalue weighted by Crippen LogP contribution is 1.94. The fourth-order valence-corrected chi connectivity index (χ4v) is 0.558. The van der Waals surface area contributed by atoms with E-state index in [1.54, 1.807) is 0 Å². The van der Waals surface area contributed by atoms with Crippen LogP contribution in [0.15, 0.2) is 0 Å². The smallest absolute Gasteiger partial charge is 0.167 e. The molecule has 0 saturated carbocycles. The number of thioether (sulfide) groups is 1. The third-order valence-corrected chi connectivity index (χ3v) is 1.11. The van der Waals surface area contributed by atoms with Crippen molar-refractivity contribution in [2.75, 3.05) is 5.75 Å². The Hall–Kier alpha value is 0.260. The number of halogens is 1. The highest BCUT2D eigenvalue weighted by atomic mass is 79.9. The number of hydrogen-bond acceptors (Lipinski definition) is 3. The SMILES string of the molecule is Br.CCSC(=N)NN. The van der Waals surface area contributed by atoms with Crippen LogP contribution in [0.3, 0.4) is 0 Å². The van der Waals surface area contributed by atoms with Crippen molar-refractivity contribution < 1.29 is 0 Å². The number of rotatable bonds is 1. The van der Waals surface area contributed by atoms with Gasteiger partial charge in [0.2, 0.25) is 0 Å². The molecule has 0 fully saturated rings. The summed E-state index contributed by atoms with van der Waals surface area (Å²) < 4.78 is 0. The van der Waals surface area contributed by atoms with Crippen LogP contribution in [0.1, 0.15) is 6.92 Å². The summed E-state index contributed by atoms with van der Waals surface area (Å²) in [6, 6.07) is 0. The van der Waals surface area contributed by atoms with Crippen molar-refractivity contribution in [1.82, 2.24) is 5.43 Å². The summed E-state index contributed by atoms with van der Waals surface area (Å²) in [6.07, 6.45) is 0. The van der Waals surface area contributed by atoms with Gasteiger partial charge in [0.15, 0.2) is 5.17 Å². The van der Waals surface area contributed by atoms with E-state index in [4.69, 9.17) is 11.3 Å². The van der Waals surface area contributed by atoms with Gasteiger partial charge in [-0.1, -0.05) is 18.7 Å². The summed E-state index contributed by atoms with van der Waals surface area (Å²) in [6.45, 7) is 1.97. The van der Waals surface area contributed by atoms with Crippen LogP contribution in [0.25, 0.3) is 0 Å². The van der Waals surface area contributed by atoms with E-state index in [1.165, 1.54) is 11.8 Å². The number of amidine groups is 1. The lowest BCUT2D eigenvalue weighted by molar-refractivity contribution is 1.04. The zero-order valence-corrected chi connectivity index (χ0v) is 7.13. The molecule has 0 rings (SSSR count). The summed E-state index contributed by atoms with van der Waals surface area (Å²) >= 11 is 1.38. The first kappa shape index (κ1) is 11.1. The monoisotopic (exact) mass is 199 g/mol. The lowest BCUT2D eigenvalue weighted by atomic mass is 11.0. The molecule has 0 spiro atoms. The Morgan fingerprint density at radius 3 is 2.50 bits per heavy atom. The molecular weight excluding hydrogens is 190 g/mol. The van der Waals surface area contributed by atoms with Crippen molar-refractivity contribution in [1.29, 1.82) is 5.41 Å². The summed E-state index contributed by atoms with van der Waals surface area (Å²) in [4.78, 5) is 0. The van der Waals surface area contributed by atoms with Gasteiger partial charge >= 0.3 is 0 Å². The molecule has 3 nitrogen and oxygen atoms in total. The molecule has 50 valence electrons. The van der Waals surface area contributed by atoms with E-state index in [-0.39, 0.29) is 17.0 Å². The average molecular weight is 200 g/mol. The Morgan fingerprint density at radius 1 is 1.88 bits per heavy atom. The largest absolute Gasteiger partial charge is 0.303 e. The van der Waals surface area contributed by atoms with E-state index in [1.807, 2.05) is 6.92 Å². The van der Waals surface area contributed by atoms with Crippen LogP contribution in [-0.2, 0) is 0 Å². The molecule has 0 aromatic carbocycles. The van der Waals surface area contributed by atoms with Crippen LogP contribution in [-0.4, -0.2) is 10.9 Å². The van der Waals surface area contributed by atoms with Gasteiger partial charge < -0.3 is 5.43 Å². The molecule has 0 aliphatic rings. The molecule has 5 heteroatoms. The highest BCUT2D eigenvalue weighted by Gasteiger charge is 1.85. The Morgan fingerprint density at radius 2 is 2.38 bits per heavy atom. The van der Waals surface area contributed by atoms with E-state index < -0.39 is 0 Å². The highest BCUT2D eigenvalue weighted by molar-refractivity contribution is 8.93. The van der Waals surface area contributed by atoms with Crippen LogP contribution < -0.4 is 11.3 Å². The zero-order chi connectivity index (χ0) is 5.70. The van der Waals surface area contributed by atoms with Gasteiger partial charge in [0, 0.05) is 0 Å². The number of hydrazine groups is 1. The Balaban J connectivity index is 0. The first-order chi connectivity index (χ1) is 3.31. The van der Waals surface area contributed by atoms with E-state index in [0.717, 1.165) is 5.75 Å². The molecule has 0 unspecified atom stereocenters. The van der Waals surface area contributed by atoms with Crippen molar-refractivity contribution in [3.8, 4) is 0 Å². The molecular formula is C3H10BrN3S. The fourth-order valence-electron chi connectivity index (χ4n) is 0.186. The maximum Gasteiger partial charge on any atom is 0.167 e. The van der Waals surface area contributed by atoms with Crippen LogP contribution in [0.2, 0.25) is 0 Å². The molecule has 0 aromatic rings. The molecule has 0 heterocycles. The van der Waals surface area contributed by atoms with Crippen molar-refractivity contribution in [2.45, 2.75) is 6.92 Å². The topological polar surface area (TPSA) is 61.9 Å². The number of hydrogen-bond donors (Lipinski definition) is 3. The van der Waals surface area contributed by atoms with Crippen LogP contribution in [0.4, 0.5) is 0 Å². The molecule has 8 heavy (non-hydrogen) atoms. The predicted octanol–water partition coefficient (Wildman–Crippen LogP) is 0.715. The van der Waals surface area contributed by atoms with Crippen LogP contribution in [0.5, 0.6) is 0 Å². The van der Waals surface area contributed by atoms with Crippen molar-refractivity contribution in [3.63, 3.8) is 0 Å². The van der Waals surface area contributed by atoms with Gasteiger partial charge in [0.05, 0.1) is 0 Å². The molecule has 0 atom stereocenters. The molecule has 0 bridgehead atoms. The summed E-state index contributed by atoms with van der Waals surface area (Å²) in [5.74, 6) is 5.75. The Labute approximate surface area is 63.7 Å². The van der Waals surface area contributed by atoms with E-state index in [0.29, 0.717) is 5.17 Å². The molecule has 4 N–H and O–H groups in total. The molecule has 0 amide bonds. The fraction of sp³-hybridized carbons (Fsp3) is 0.667. The molecule has 0 saturated heterocycles. The summed E-state index contributed by atoms with van der Waals surface area (Å²) in [5, 5.41) is 7.19. The second-order valence-corrected chi connectivity index (χ2v) is 2.18. The van der Waals surface area contributed by atoms with Gasteiger partial charge in [-0.05, 0) is 5.75 Å². The van der Waals surface area contributed by atoms with Crippen molar-refractivity contribution >= 4 is 33.9 Å². The molecule has 0 aliphatic carbocycles.